The van der Waals surface area contributed by atoms with Crippen LogP contribution < -0.4 is 9.47 Å². The molecule has 2 aromatic carbocycles. The highest BCUT2D eigenvalue weighted by molar-refractivity contribution is 7.92. The predicted molar refractivity (Wildman–Crippen MR) is 83.3 cm³/mol. The number of aliphatic hydroxyl groups is 1. The van der Waals surface area contributed by atoms with Crippen LogP contribution in [0.15, 0.2) is 53.4 Å². The fourth-order valence-electron chi connectivity index (χ4n) is 3.31. The minimum atomic E-state index is -3.47. The Balaban J connectivity index is 1.68. The normalized spacial score (nSPS) is 25.3. The molecule has 0 amide bonds. The largest absolute Gasteiger partial charge is 0.454 e. The molecule has 1 aliphatic carbocycles. The number of fused-ring (bicyclic) bond motifs is 1. The van der Waals surface area contributed by atoms with Crippen LogP contribution in [-0.2, 0) is 9.84 Å². The molecule has 1 N–H and O–H groups in total. The minimum Gasteiger partial charge on any atom is -0.454 e. The highest BCUT2D eigenvalue weighted by atomic mass is 32.2. The van der Waals surface area contributed by atoms with Crippen LogP contribution in [-0.4, -0.2) is 32.2 Å². The lowest BCUT2D eigenvalue weighted by Gasteiger charge is -2.05. The highest BCUT2D eigenvalue weighted by Gasteiger charge is 2.58. The first-order chi connectivity index (χ1) is 11.1. The molecule has 0 radical (unpaired) electrons. The molecule has 1 heterocycles. The van der Waals surface area contributed by atoms with Crippen molar-refractivity contribution in [2.75, 3.05) is 13.4 Å². The molecule has 1 fully saturated rings. The topological polar surface area (TPSA) is 72.8 Å². The smallest absolute Gasteiger partial charge is 0.231 e. The summed E-state index contributed by atoms with van der Waals surface area (Å²) < 4.78 is 36.3. The van der Waals surface area contributed by atoms with Crippen LogP contribution in [0.1, 0.15) is 11.5 Å². The average Bonchev–Trinajstić information content (AvgIpc) is 3.15. The first-order valence-corrected chi connectivity index (χ1v) is 8.97. The van der Waals surface area contributed by atoms with Gasteiger partial charge in [-0.25, -0.2) is 8.42 Å². The molecular weight excluding hydrogens is 316 g/mol. The Labute approximate surface area is 134 Å². The van der Waals surface area contributed by atoms with Crippen molar-refractivity contribution in [2.24, 2.45) is 5.92 Å². The molecule has 2 aromatic rings. The third-order valence-electron chi connectivity index (χ3n) is 4.52. The fourth-order valence-corrected chi connectivity index (χ4v) is 5.53. The molecular formula is C17H16O5S. The first-order valence-electron chi connectivity index (χ1n) is 7.42. The summed E-state index contributed by atoms with van der Waals surface area (Å²) in [6, 6.07) is 13.8. The van der Waals surface area contributed by atoms with E-state index >= 15 is 0 Å². The Morgan fingerprint density at radius 1 is 1.04 bits per heavy atom. The van der Waals surface area contributed by atoms with Gasteiger partial charge in [-0.3, -0.25) is 0 Å². The second-order valence-electron chi connectivity index (χ2n) is 5.81. The van der Waals surface area contributed by atoms with E-state index in [4.69, 9.17) is 9.47 Å². The number of aliphatic hydroxyl groups excluding tert-OH is 1. The maximum absolute atomic E-state index is 12.8. The van der Waals surface area contributed by atoms with E-state index < -0.39 is 15.1 Å². The van der Waals surface area contributed by atoms with Gasteiger partial charge >= 0.3 is 0 Å². The summed E-state index contributed by atoms with van der Waals surface area (Å²) in [6.45, 7) is 0.0223. The van der Waals surface area contributed by atoms with Gasteiger partial charge in [0.25, 0.3) is 0 Å². The molecule has 2 aliphatic rings. The van der Waals surface area contributed by atoms with E-state index in [9.17, 15) is 13.5 Å². The van der Waals surface area contributed by atoms with Crippen molar-refractivity contribution in [1.82, 2.24) is 0 Å². The number of benzene rings is 2. The van der Waals surface area contributed by atoms with Crippen LogP contribution >= 0.6 is 0 Å². The summed E-state index contributed by atoms with van der Waals surface area (Å²) in [6.07, 6.45) is 0. The molecule has 0 unspecified atom stereocenters. The SMILES string of the molecule is O=S(=O)(c1ccccc1)[C@@H]1[C@@H](CO)[C@H]1c1ccc2c(c1)OCO2. The fraction of sp³-hybridized carbons (Fsp3) is 0.294. The Morgan fingerprint density at radius 3 is 2.52 bits per heavy atom. The van der Waals surface area contributed by atoms with Gasteiger partial charge in [0, 0.05) is 18.4 Å². The number of hydrogen-bond donors (Lipinski definition) is 1. The van der Waals surface area contributed by atoms with E-state index in [0.717, 1.165) is 5.56 Å². The molecule has 6 heteroatoms. The van der Waals surface area contributed by atoms with E-state index in [2.05, 4.69) is 0 Å². The summed E-state index contributed by atoms with van der Waals surface area (Å²) >= 11 is 0. The second-order valence-corrected chi connectivity index (χ2v) is 7.91. The van der Waals surface area contributed by atoms with Crippen LogP contribution in [0.2, 0.25) is 0 Å². The van der Waals surface area contributed by atoms with E-state index in [0.29, 0.717) is 16.4 Å². The van der Waals surface area contributed by atoms with Gasteiger partial charge in [0.1, 0.15) is 0 Å². The molecule has 0 saturated heterocycles. The molecule has 0 bridgehead atoms. The minimum absolute atomic E-state index is 0.157. The molecule has 1 aliphatic heterocycles. The van der Waals surface area contributed by atoms with Gasteiger partial charge in [-0.15, -0.1) is 0 Å². The van der Waals surface area contributed by atoms with Gasteiger partial charge in [-0.05, 0) is 29.8 Å². The number of hydrogen-bond acceptors (Lipinski definition) is 5. The summed E-state index contributed by atoms with van der Waals surface area (Å²) in [5.74, 6) is 0.777. The lowest BCUT2D eigenvalue weighted by molar-refractivity contribution is 0.174. The van der Waals surface area contributed by atoms with E-state index in [1.54, 1.807) is 36.4 Å². The lowest BCUT2D eigenvalue weighted by atomic mass is 10.1. The summed E-state index contributed by atoms with van der Waals surface area (Å²) in [5.41, 5.74) is 0.859. The molecule has 4 rings (SSSR count). The van der Waals surface area contributed by atoms with Crippen molar-refractivity contribution in [2.45, 2.75) is 16.1 Å². The first kappa shape index (κ1) is 14.5. The molecule has 120 valence electrons. The summed E-state index contributed by atoms with van der Waals surface area (Å²) in [4.78, 5) is 0.298. The molecule has 5 nitrogen and oxygen atoms in total. The summed E-state index contributed by atoms with van der Waals surface area (Å²) in [7, 11) is -3.47. The van der Waals surface area contributed by atoms with Crippen LogP contribution in [0.4, 0.5) is 0 Å². The monoisotopic (exact) mass is 332 g/mol. The average molecular weight is 332 g/mol. The summed E-state index contributed by atoms with van der Waals surface area (Å²) in [5, 5.41) is 8.99. The maximum Gasteiger partial charge on any atom is 0.231 e. The Hall–Kier alpha value is -2.05. The third-order valence-corrected chi connectivity index (χ3v) is 6.81. The van der Waals surface area contributed by atoms with Gasteiger partial charge in [-0.1, -0.05) is 24.3 Å². The van der Waals surface area contributed by atoms with Crippen molar-refractivity contribution in [3.05, 3.63) is 54.1 Å². The van der Waals surface area contributed by atoms with Gasteiger partial charge in [0.15, 0.2) is 21.3 Å². The quantitative estimate of drug-likeness (QED) is 0.927. The molecule has 23 heavy (non-hydrogen) atoms. The van der Waals surface area contributed by atoms with Gasteiger partial charge in [0.05, 0.1) is 10.1 Å². The van der Waals surface area contributed by atoms with Crippen molar-refractivity contribution >= 4 is 9.84 Å². The lowest BCUT2D eigenvalue weighted by Crippen LogP contribution is -2.11. The van der Waals surface area contributed by atoms with Crippen molar-refractivity contribution in [3.8, 4) is 11.5 Å². The predicted octanol–water partition coefficient (Wildman–Crippen LogP) is 1.96. The van der Waals surface area contributed by atoms with Gasteiger partial charge in [0.2, 0.25) is 6.79 Å². The number of ether oxygens (including phenoxy) is 2. The molecule has 3 atom stereocenters. The second kappa shape index (κ2) is 5.25. The van der Waals surface area contributed by atoms with Crippen LogP contribution in [0, 0.1) is 5.92 Å². The van der Waals surface area contributed by atoms with Crippen molar-refractivity contribution < 1.29 is 23.0 Å². The van der Waals surface area contributed by atoms with E-state index in [-0.39, 0.29) is 25.2 Å². The Kier molecular flexibility index (Phi) is 3.32. The highest BCUT2D eigenvalue weighted by Crippen LogP contribution is 2.54. The van der Waals surface area contributed by atoms with Crippen LogP contribution in [0.5, 0.6) is 11.5 Å². The van der Waals surface area contributed by atoms with Gasteiger partial charge < -0.3 is 14.6 Å². The zero-order valence-corrected chi connectivity index (χ0v) is 13.1. The van der Waals surface area contributed by atoms with Crippen LogP contribution in [0.3, 0.4) is 0 Å². The van der Waals surface area contributed by atoms with Crippen LogP contribution in [0.25, 0.3) is 0 Å². The zero-order valence-electron chi connectivity index (χ0n) is 12.3. The molecule has 0 aromatic heterocycles. The standard InChI is InChI=1S/C17H16O5S/c18-9-13-16(11-6-7-14-15(8-11)22-10-21-14)17(13)23(19,20)12-4-2-1-3-5-12/h1-8,13,16-18H,9-10H2/t13-,16+,17+/m0/s1. The zero-order chi connectivity index (χ0) is 16.0. The van der Waals surface area contributed by atoms with Gasteiger partial charge in [-0.2, -0.15) is 0 Å². The molecule has 0 spiro atoms. The molecule has 1 saturated carbocycles. The van der Waals surface area contributed by atoms with E-state index in [1.807, 2.05) is 12.1 Å². The van der Waals surface area contributed by atoms with Crippen molar-refractivity contribution in [3.63, 3.8) is 0 Å². The Bertz CT molecular complexity index is 831. The van der Waals surface area contributed by atoms with E-state index in [1.165, 1.54) is 0 Å². The Morgan fingerprint density at radius 2 is 1.78 bits per heavy atom. The third kappa shape index (κ3) is 2.29. The van der Waals surface area contributed by atoms with Crippen molar-refractivity contribution in [1.29, 1.82) is 0 Å². The number of rotatable bonds is 4. The maximum atomic E-state index is 12.8. The number of sulfone groups is 1.